The Morgan fingerprint density at radius 3 is 2.53 bits per heavy atom. The molecule has 5 rings (SSSR count). The monoisotopic (exact) mass is 490 g/mol. The van der Waals surface area contributed by atoms with E-state index in [0.29, 0.717) is 47.8 Å². The van der Waals surface area contributed by atoms with E-state index in [9.17, 15) is 9.59 Å². The highest BCUT2D eigenvalue weighted by Gasteiger charge is 2.38. The summed E-state index contributed by atoms with van der Waals surface area (Å²) < 4.78 is 6.86. The molecule has 0 radical (unpaired) electrons. The lowest BCUT2D eigenvalue weighted by Crippen LogP contribution is -2.56. The molecule has 2 amide bonds. The number of amidine groups is 1. The fourth-order valence-corrected chi connectivity index (χ4v) is 5.44. The highest BCUT2D eigenvalue weighted by molar-refractivity contribution is 6.03. The number of ether oxygens (including phenoxy) is 1. The summed E-state index contributed by atoms with van der Waals surface area (Å²) in [7, 11) is 1.59. The Bertz CT molecular complexity index is 1220. The zero-order chi connectivity index (χ0) is 25.2. The predicted octanol–water partition coefficient (Wildman–Crippen LogP) is 1.46. The van der Waals surface area contributed by atoms with Gasteiger partial charge in [0, 0.05) is 44.2 Å². The fraction of sp³-hybridized carbons (Fsp3) is 0.480. The summed E-state index contributed by atoms with van der Waals surface area (Å²) in [6.07, 6.45) is 6.49. The third-order valence-electron chi connectivity index (χ3n) is 7.30. The number of methoxy groups -OCH3 is 1. The molecule has 2 saturated heterocycles. The number of hydrogen-bond donors (Lipinski definition) is 1. The first-order valence-corrected chi connectivity index (χ1v) is 12.4. The SMILES string of the molecule is COc1ccc(-n2nc(/C(N)=N/C#N)c3c2C(=O)N(C2CCN(N4CCCCC4=O)CC2)CC3)cc1. The number of fused-ring (bicyclic) bond motifs is 1. The number of piperidine rings is 2. The Morgan fingerprint density at radius 1 is 1.11 bits per heavy atom. The quantitative estimate of drug-likeness (QED) is 0.381. The Hall–Kier alpha value is -3.91. The Balaban J connectivity index is 1.41. The molecule has 36 heavy (non-hydrogen) atoms. The molecule has 2 aromatic rings. The van der Waals surface area contributed by atoms with E-state index >= 15 is 0 Å². The first-order chi connectivity index (χ1) is 17.5. The molecule has 0 atom stereocenters. The van der Waals surface area contributed by atoms with Crippen molar-refractivity contribution in [1.82, 2.24) is 24.7 Å². The van der Waals surface area contributed by atoms with Gasteiger partial charge in [-0.1, -0.05) is 0 Å². The molecular formula is C25H30N8O3. The average Bonchev–Trinajstić information content (AvgIpc) is 3.30. The van der Waals surface area contributed by atoms with Crippen LogP contribution in [0.5, 0.6) is 5.75 Å². The maximum atomic E-state index is 13.9. The molecule has 1 aromatic heterocycles. The van der Waals surface area contributed by atoms with E-state index in [0.717, 1.165) is 45.3 Å². The van der Waals surface area contributed by atoms with Crippen molar-refractivity contribution in [2.24, 2.45) is 10.7 Å². The molecule has 1 aromatic carbocycles. The lowest BCUT2D eigenvalue weighted by atomic mass is 9.97. The molecule has 11 nitrogen and oxygen atoms in total. The van der Waals surface area contributed by atoms with Crippen molar-refractivity contribution in [2.75, 3.05) is 33.3 Å². The second-order valence-corrected chi connectivity index (χ2v) is 9.29. The van der Waals surface area contributed by atoms with Gasteiger partial charge in [-0.25, -0.2) is 9.69 Å². The maximum absolute atomic E-state index is 13.9. The molecule has 2 fully saturated rings. The van der Waals surface area contributed by atoms with E-state index in [1.165, 1.54) is 0 Å². The minimum absolute atomic E-state index is 0.00164. The van der Waals surface area contributed by atoms with Crippen LogP contribution in [0, 0.1) is 11.5 Å². The zero-order valence-corrected chi connectivity index (χ0v) is 20.4. The zero-order valence-electron chi connectivity index (χ0n) is 20.4. The minimum atomic E-state index is -0.108. The first kappa shape index (κ1) is 23.8. The molecule has 188 valence electrons. The molecule has 4 heterocycles. The highest BCUT2D eigenvalue weighted by Crippen LogP contribution is 2.30. The van der Waals surface area contributed by atoms with Crippen molar-refractivity contribution < 1.29 is 14.3 Å². The maximum Gasteiger partial charge on any atom is 0.273 e. The van der Waals surface area contributed by atoms with Gasteiger partial charge in [-0.05, 0) is 56.4 Å². The number of hydrazine groups is 1. The van der Waals surface area contributed by atoms with Crippen molar-refractivity contribution in [3.05, 3.63) is 41.2 Å². The number of aliphatic imine (C=N–C) groups is 1. The van der Waals surface area contributed by atoms with Crippen molar-refractivity contribution in [3.63, 3.8) is 0 Å². The number of nitrogens with two attached hydrogens (primary N) is 1. The molecule has 0 aliphatic carbocycles. The number of hydrogen-bond acceptors (Lipinski definition) is 7. The molecule has 0 unspecified atom stereocenters. The van der Waals surface area contributed by atoms with E-state index in [2.05, 4.69) is 15.1 Å². The predicted molar refractivity (Wildman–Crippen MR) is 131 cm³/mol. The summed E-state index contributed by atoms with van der Waals surface area (Å²) >= 11 is 0. The van der Waals surface area contributed by atoms with Gasteiger partial charge in [0.05, 0.1) is 12.8 Å². The van der Waals surface area contributed by atoms with Gasteiger partial charge in [-0.2, -0.15) is 15.4 Å². The van der Waals surface area contributed by atoms with Gasteiger partial charge in [0.1, 0.15) is 17.1 Å². The van der Waals surface area contributed by atoms with Gasteiger partial charge in [-0.15, -0.1) is 0 Å². The van der Waals surface area contributed by atoms with Crippen molar-refractivity contribution >= 4 is 17.6 Å². The minimum Gasteiger partial charge on any atom is -0.497 e. The Morgan fingerprint density at radius 2 is 1.86 bits per heavy atom. The molecule has 3 aliphatic heterocycles. The van der Waals surface area contributed by atoms with Gasteiger partial charge < -0.3 is 15.4 Å². The van der Waals surface area contributed by atoms with Crippen molar-refractivity contribution in [3.8, 4) is 17.6 Å². The molecule has 0 bridgehead atoms. The number of amides is 2. The van der Waals surface area contributed by atoms with Crippen LogP contribution in [-0.2, 0) is 11.2 Å². The van der Waals surface area contributed by atoms with Crippen LogP contribution in [0.3, 0.4) is 0 Å². The van der Waals surface area contributed by atoms with Gasteiger partial charge in [0.15, 0.2) is 5.84 Å². The highest BCUT2D eigenvalue weighted by atomic mass is 16.5. The second kappa shape index (κ2) is 9.99. The van der Waals surface area contributed by atoms with Crippen LogP contribution in [-0.4, -0.2) is 81.7 Å². The van der Waals surface area contributed by atoms with E-state index < -0.39 is 0 Å². The summed E-state index contributed by atoms with van der Waals surface area (Å²) in [6, 6.07) is 7.34. The van der Waals surface area contributed by atoms with Gasteiger partial charge in [0.2, 0.25) is 12.1 Å². The third kappa shape index (κ3) is 4.28. The molecule has 2 N–H and O–H groups in total. The van der Waals surface area contributed by atoms with Crippen LogP contribution < -0.4 is 10.5 Å². The Labute approximate surface area is 209 Å². The fourth-order valence-electron chi connectivity index (χ4n) is 5.44. The van der Waals surface area contributed by atoms with E-state index in [-0.39, 0.29) is 23.7 Å². The normalized spacial score (nSPS) is 19.8. The van der Waals surface area contributed by atoms with Crippen LogP contribution in [0.2, 0.25) is 0 Å². The molecular weight excluding hydrogens is 460 g/mol. The lowest BCUT2D eigenvalue weighted by Gasteiger charge is -2.44. The van der Waals surface area contributed by atoms with Crippen molar-refractivity contribution in [1.29, 1.82) is 5.26 Å². The van der Waals surface area contributed by atoms with Gasteiger partial charge in [-0.3, -0.25) is 14.6 Å². The van der Waals surface area contributed by atoms with Crippen molar-refractivity contribution in [2.45, 2.75) is 44.6 Å². The smallest absolute Gasteiger partial charge is 0.273 e. The lowest BCUT2D eigenvalue weighted by molar-refractivity contribution is -0.155. The third-order valence-corrected chi connectivity index (χ3v) is 7.30. The molecule has 3 aliphatic rings. The first-order valence-electron chi connectivity index (χ1n) is 12.4. The summed E-state index contributed by atoms with van der Waals surface area (Å²) in [5, 5.41) is 17.7. The molecule has 0 saturated carbocycles. The number of aromatic nitrogens is 2. The standard InChI is InChI=1S/C25H30N8O3/c1-36-19-7-5-18(6-8-19)33-23-20(22(29-33)24(27)28-16-26)11-15-31(25(23)35)17-9-13-30(14-10-17)32-12-3-2-4-21(32)34/h5-8,17H,2-4,9-15H2,1H3,(H2,27,28). The summed E-state index contributed by atoms with van der Waals surface area (Å²) in [5.41, 5.74) is 8.28. The Kier molecular flexibility index (Phi) is 6.61. The number of benzene rings is 1. The van der Waals surface area contributed by atoms with Crippen LogP contribution in [0.25, 0.3) is 5.69 Å². The van der Waals surface area contributed by atoms with Gasteiger partial charge >= 0.3 is 0 Å². The summed E-state index contributed by atoms with van der Waals surface area (Å²) in [4.78, 5) is 31.8. The second-order valence-electron chi connectivity index (χ2n) is 9.29. The van der Waals surface area contributed by atoms with Gasteiger partial charge in [0.25, 0.3) is 5.91 Å². The van der Waals surface area contributed by atoms with Crippen LogP contribution in [0.15, 0.2) is 29.3 Å². The number of carbonyl (C=O) groups excluding carboxylic acids is 2. The van der Waals surface area contributed by atoms with Crippen LogP contribution in [0.4, 0.5) is 0 Å². The topological polar surface area (TPSA) is 133 Å². The average molecular weight is 491 g/mol. The van der Waals surface area contributed by atoms with Crippen LogP contribution >= 0.6 is 0 Å². The molecule has 0 spiro atoms. The van der Waals surface area contributed by atoms with Crippen LogP contribution in [0.1, 0.15) is 53.8 Å². The van der Waals surface area contributed by atoms with E-state index in [4.69, 9.17) is 15.7 Å². The summed E-state index contributed by atoms with van der Waals surface area (Å²) in [5.74, 6) is 0.785. The number of nitrogens with zero attached hydrogens (tertiary/aromatic N) is 7. The number of rotatable bonds is 5. The number of carbonyl (C=O) groups is 2. The largest absolute Gasteiger partial charge is 0.497 e. The summed E-state index contributed by atoms with van der Waals surface area (Å²) in [6.45, 7) is 2.82. The van der Waals surface area contributed by atoms with E-state index in [1.54, 1.807) is 30.1 Å². The number of nitriles is 1. The molecule has 11 heteroatoms. The van der Waals surface area contributed by atoms with E-state index in [1.807, 2.05) is 22.0 Å².